The summed E-state index contributed by atoms with van der Waals surface area (Å²) in [6, 6.07) is 9.76. The van der Waals surface area contributed by atoms with E-state index < -0.39 is 11.9 Å². The minimum absolute atomic E-state index is 0.0775. The highest BCUT2D eigenvalue weighted by atomic mass is 16.5. The van der Waals surface area contributed by atoms with Crippen LogP contribution in [0.1, 0.15) is 65.3 Å². The number of carbonyl (C=O) groups excluding carboxylic acids is 4. The van der Waals surface area contributed by atoms with Gasteiger partial charge in [-0.25, -0.2) is 0 Å². The fourth-order valence-electron chi connectivity index (χ4n) is 5.52. The average Bonchev–Trinajstić information content (AvgIpc) is 3.27. The molecule has 206 valence electrons. The molecule has 2 unspecified atom stereocenters. The maximum atomic E-state index is 13.5. The van der Waals surface area contributed by atoms with Gasteiger partial charge in [0.15, 0.2) is 11.5 Å². The third-order valence-corrected chi connectivity index (χ3v) is 7.54. The number of piperidine rings is 2. The van der Waals surface area contributed by atoms with E-state index in [0.29, 0.717) is 54.6 Å². The Kier molecular flexibility index (Phi) is 7.72. The molecule has 2 aromatic rings. The molecule has 0 bridgehead atoms. The van der Waals surface area contributed by atoms with Crippen LogP contribution in [-0.2, 0) is 16.1 Å². The quantitative estimate of drug-likeness (QED) is 0.517. The van der Waals surface area contributed by atoms with Crippen LogP contribution < -0.4 is 19.5 Å². The maximum absolute atomic E-state index is 13.5. The van der Waals surface area contributed by atoms with Gasteiger partial charge < -0.3 is 24.0 Å². The van der Waals surface area contributed by atoms with Gasteiger partial charge in [-0.1, -0.05) is 0 Å². The third kappa shape index (κ3) is 5.41. The lowest BCUT2D eigenvalue weighted by molar-refractivity contribution is -0.136. The van der Waals surface area contributed by atoms with E-state index in [9.17, 15) is 19.2 Å². The zero-order valence-electron chi connectivity index (χ0n) is 22.2. The number of nitrogens with zero attached hydrogens (tertiary/aromatic N) is 2. The van der Waals surface area contributed by atoms with E-state index in [1.54, 1.807) is 37.4 Å². The number of likely N-dealkylation sites (tertiary alicyclic amines) is 1. The molecule has 3 heterocycles. The second-order valence-corrected chi connectivity index (χ2v) is 9.98. The smallest absolute Gasteiger partial charge is 0.255 e. The Bertz CT molecular complexity index is 1290. The number of nitrogens with one attached hydrogen (secondary N) is 1. The van der Waals surface area contributed by atoms with Gasteiger partial charge in [-0.2, -0.15) is 0 Å². The summed E-state index contributed by atoms with van der Waals surface area (Å²) in [5.74, 6) is 0.678. The SMILES string of the molecule is CCOc1cc(C(=O)N2CCCCC2COc2ccc3c(c2)CN(C2CCC(=O)NC2=O)C3=O)ccc1OC. The Morgan fingerprint density at radius 3 is 2.64 bits per heavy atom. The van der Waals surface area contributed by atoms with Gasteiger partial charge in [0.05, 0.1) is 19.8 Å². The van der Waals surface area contributed by atoms with Crippen molar-refractivity contribution in [2.45, 2.75) is 57.7 Å². The van der Waals surface area contributed by atoms with Gasteiger partial charge in [-0.15, -0.1) is 0 Å². The van der Waals surface area contributed by atoms with Gasteiger partial charge in [0.25, 0.3) is 11.8 Å². The molecule has 2 atom stereocenters. The fraction of sp³-hybridized carbons (Fsp3) is 0.448. The largest absolute Gasteiger partial charge is 0.493 e. The number of hydrogen-bond acceptors (Lipinski definition) is 7. The molecule has 3 aliphatic rings. The molecule has 10 nitrogen and oxygen atoms in total. The minimum atomic E-state index is -0.657. The number of hydrogen-bond donors (Lipinski definition) is 1. The molecule has 0 spiro atoms. The zero-order valence-corrected chi connectivity index (χ0v) is 22.2. The van der Waals surface area contributed by atoms with E-state index in [0.717, 1.165) is 24.8 Å². The van der Waals surface area contributed by atoms with Gasteiger partial charge >= 0.3 is 0 Å². The first-order valence-electron chi connectivity index (χ1n) is 13.4. The second-order valence-electron chi connectivity index (χ2n) is 9.98. The highest BCUT2D eigenvalue weighted by Crippen LogP contribution is 2.32. The molecule has 2 saturated heterocycles. The molecule has 4 amide bonds. The number of imide groups is 1. The molecule has 10 heteroatoms. The normalized spacial score (nSPS) is 20.9. The lowest BCUT2D eigenvalue weighted by Crippen LogP contribution is -2.52. The van der Waals surface area contributed by atoms with Crippen LogP contribution in [0.5, 0.6) is 17.2 Å². The maximum Gasteiger partial charge on any atom is 0.255 e. The molecular formula is C29H33N3O7. The molecule has 1 N–H and O–H groups in total. The van der Waals surface area contributed by atoms with E-state index in [4.69, 9.17) is 14.2 Å². The Hall–Kier alpha value is -4.08. The van der Waals surface area contributed by atoms with Gasteiger partial charge in [0.1, 0.15) is 18.4 Å². The summed E-state index contributed by atoms with van der Waals surface area (Å²) in [6.45, 7) is 3.59. The van der Waals surface area contributed by atoms with Crippen LogP contribution in [0.15, 0.2) is 36.4 Å². The summed E-state index contributed by atoms with van der Waals surface area (Å²) in [7, 11) is 1.57. The molecule has 2 fully saturated rings. The molecule has 0 radical (unpaired) electrons. The summed E-state index contributed by atoms with van der Waals surface area (Å²) in [5, 5.41) is 2.32. The van der Waals surface area contributed by atoms with Gasteiger partial charge in [0.2, 0.25) is 11.8 Å². The van der Waals surface area contributed by atoms with Crippen molar-refractivity contribution in [2.75, 3.05) is 26.9 Å². The topological polar surface area (TPSA) is 114 Å². The summed E-state index contributed by atoms with van der Waals surface area (Å²) < 4.78 is 17.1. The van der Waals surface area contributed by atoms with Crippen molar-refractivity contribution in [1.29, 1.82) is 0 Å². The number of amides is 4. The summed E-state index contributed by atoms with van der Waals surface area (Å²) >= 11 is 0. The minimum Gasteiger partial charge on any atom is -0.493 e. The van der Waals surface area contributed by atoms with Crippen molar-refractivity contribution in [1.82, 2.24) is 15.1 Å². The summed E-state index contributed by atoms with van der Waals surface area (Å²) in [5.41, 5.74) is 1.85. The second kappa shape index (κ2) is 11.3. The highest BCUT2D eigenvalue weighted by molar-refractivity contribution is 6.05. The van der Waals surface area contributed by atoms with E-state index in [-0.39, 0.29) is 36.7 Å². The Balaban J connectivity index is 1.26. The first kappa shape index (κ1) is 26.5. The predicted octanol–water partition coefficient (Wildman–Crippen LogP) is 2.93. The van der Waals surface area contributed by atoms with Crippen LogP contribution in [-0.4, -0.2) is 72.4 Å². The van der Waals surface area contributed by atoms with Crippen LogP contribution in [0.2, 0.25) is 0 Å². The number of fused-ring (bicyclic) bond motifs is 1. The van der Waals surface area contributed by atoms with Gasteiger partial charge in [-0.05, 0) is 74.6 Å². The fourth-order valence-corrected chi connectivity index (χ4v) is 5.52. The molecule has 0 saturated carbocycles. The molecular weight excluding hydrogens is 502 g/mol. The Morgan fingerprint density at radius 2 is 1.87 bits per heavy atom. The molecule has 5 rings (SSSR count). The van der Waals surface area contributed by atoms with Crippen molar-refractivity contribution in [3.63, 3.8) is 0 Å². The van der Waals surface area contributed by atoms with Crippen LogP contribution >= 0.6 is 0 Å². The lowest BCUT2D eigenvalue weighted by Gasteiger charge is -2.35. The van der Waals surface area contributed by atoms with Crippen LogP contribution in [0.25, 0.3) is 0 Å². The van der Waals surface area contributed by atoms with E-state index in [1.165, 1.54) is 4.90 Å². The van der Waals surface area contributed by atoms with Gasteiger partial charge in [-0.3, -0.25) is 24.5 Å². The van der Waals surface area contributed by atoms with E-state index >= 15 is 0 Å². The van der Waals surface area contributed by atoms with Crippen molar-refractivity contribution in [3.05, 3.63) is 53.1 Å². The number of benzene rings is 2. The molecule has 0 aliphatic carbocycles. The van der Waals surface area contributed by atoms with Crippen molar-refractivity contribution < 1.29 is 33.4 Å². The van der Waals surface area contributed by atoms with Crippen LogP contribution in [0, 0.1) is 0 Å². The van der Waals surface area contributed by atoms with Crippen LogP contribution in [0.3, 0.4) is 0 Å². The highest BCUT2D eigenvalue weighted by Gasteiger charge is 2.39. The lowest BCUT2D eigenvalue weighted by atomic mass is 10.0. The number of rotatable bonds is 8. The number of ether oxygens (including phenoxy) is 3. The average molecular weight is 536 g/mol. The molecule has 2 aromatic carbocycles. The Labute approximate surface area is 227 Å². The van der Waals surface area contributed by atoms with Crippen molar-refractivity contribution >= 4 is 23.6 Å². The first-order chi connectivity index (χ1) is 18.9. The zero-order chi connectivity index (χ0) is 27.5. The first-order valence-corrected chi connectivity index (χ1v) is 13.4. The number of methoxy groups -OCH3 is 1. The van der Waals surface area contributed by atoms with Crippen molar-refractivity contribution in [2.24, 2.45) is 0 Å². The van der Waals surface area contributed by atoms with E-state index in [2.05, 4.69) is 5.32 Å². The van der Waals surface area contributed by atoms with Crippen molar-refractivity contribution in [3.8, 4) is 17.2 Å². The van der Waals surface area contributed by atoms with Crippen LogP contribution in [0.4, 0.5) is 0 Å². The third-order valence-electron chi connectivity index (χ3n) is 7.54. The summed E-state index contributed by atoms with van der Waals surface area (Å²) in [4.78, 5) is 53.6. The standard InChI is InChI=1S/C29H33N3O7/c1-3-38-25-15-18(7-11-24(25)37-2)28(35)31-13-5-4-6-20(31)17-39-21-8-9-22-19(14-21)16-32(29(22)36)23-10-12-26(33)30-27(23)34/h7-9,11,14-15,20,23H,3-6,10,12-13,16-17H2,1-2H3,(H,30,33,34). The number of carbonyl (C=O) groups is 4. The van der Waals surface area contributed by atoms with E-state index in [1.807, 2.05) is 17.9 Å². The molecule has 0 aromatic heterocycles. The van der Waals surface area contributed by atoms with Gasteiger partial charge in [0, 0.05) is 30.6 Å². The predicted molar refractivity (Wildman–Crippen MR) is 141 cm³/mol. The summed E-state index contributed by atoms with van der Waals surface area (Å²) in [6.07, 6.45) is 3.29. The molecule has 39 heavy (non-hydrogen) atoms. The molecule has 3 aliphatic heterocycles. The monoisotopic (exact) mass is 535 g/mol. The Morgan fingerprint density at radius 1 is 1.03 bits per heavy atom.